The third-order valence-electron chi connectivity index (χ3n) is 3.10. The number of aromatic nitrogens is 1. The largest absolute Gasteiger partial charge is 0.419 e. The Morgan fingerprint density at radius 1 is 1.29 bits per heavy atom. The van der Waals surface area contributed by atoms with Crippen molar-refractivity contribution in [3.63, 3.8) is 0 Å². The highest BCUT2D eigenvalue weighted by molar-refractivity contribution is 5.59. The minimum atomic E-state index is 0.301. The summed E-state index contributed by atoms with van der Waals surface area (Å²) in [6.45, 7) is 3.75. The summed E-state index contributed by atoms with van der Waals surface area (Å²) < 4.78 is 5.68. The van der Waals surface area contributed by atoms with Gasteiger partial charge in [0.15, 0.2) is 0 Å². The molecule has 5 heteroatoms. The predicted octanol–water partition coefficient (Wildman–Crippen LogP) is 2.89. The van der Waals surface area contributed by atoms with Gasteiger partial charge in [-0.3, -0.25) is 0 Å². The van der Waals surface area contributed by atoms with Gasteiger partial charge in [-0.2, -0.15) is 10.2 Å². The Morgan fingerprint density at radius 3 is 2.62 bits per heavy atom. The molecule has 0 unspecified atom stereocenters. The van der Waals surface area contributed by atoms with Crippen LogP contribution in [0.15, 0.2) is 28.7 Å². The Hall–Kier alpha value is -2.32. The number of rotatable bonds is 6. The molecule has 110 valence electrons. The summed E-state index contributed by atoms with van der Waals surface area (Å²) in [7, 11) is 4.06. The van der Waals surface area contributed by atoms with Crippen LogP contribution in [0.5, 0.6) is 0 Å². The summed E-state index contributed by atoms with van der Waals surface area (Å²) in [6.07, 6.45) is 0.971. The van der Waals surface area contributed by atoms with E-state index in [0.29, 0.717) is 17.5 Å². The average molecular weight is 284 g/mol. The molecule has 0 aliphatic rings. The summed E-state index contributed by atoms with van der Waals surface area (Å²) in [5.41, 5.74) is 2.35. The molecule has 1 heterocycles. The molecule has 0 atom stereocenters. The van der Waals surface area contributed by atoms with Crippen LogP contribution >= 0.6 is 0 Å². The lowest BCUT2D eigenvalue weighted by Gasteiger charge is -2.09. The van der Waals surface area contributed by atoms with E-state index in [4.69, 9.17) is 9.68 Å². The maximum atomic E-state index is 9.15. The molecule has 1 aromatic heterocycles. The standard InChI is InChI=1S/C16H20N4O/c1-12-5-7-13(8-6-12)15-19-14(11-17)16(21-15)18-9-4-10-20(2)3/h5-8,18H,4,9-10H2,1-3H3. The maximum Gasteiger partial charge on any atom is 0.232 e. The van der Waals surface area contributed by atoms with Gasteiger partial charge in [0.1, 0.15) is 6.07 Å². The minimum Gasteiger partial charge on any atom is -0.419 e. The van der Waals surface area contributed by atoms with Crippen molar-refractivity contribution >= 4 is 5.88 Å². The number of hydrogen-bond donors (Lipinski definition) is 1. The Bertz CT molecular complexity index is 623. The van der Waals surface area contributed by atoms with Gasteiger partial charge in [-0.15, -0.1) is 0 Å². The van der Waals surface area contributed by atoms with E-state index in [1.54, 1.807) is 0 Å². The zero-order valence-electron chi connectivity index (χ0n) is 12.7. The molecule has 0 bridgehead atoms. The normalized spacial score (nSPS) is 10.6. The van der Waals surface area contributed by atoms with Crippen molar-refractivity contribution in [3.05, 3.63) is 35.5 Å². The second kappa shape index (κ2) is 6.91. The first-order valence-corrected chi connectivity index (χ1v) is 6.96. The molecule has 0 amide bonds. The van der Waals surface area contributed by atoms with Crippen LogP contribution in [0.1, 0.15) is 17.7 Å². The molecule has 0 radical (unpaired) electrons. The van der Waals surface area contributed by atoms with Gasteiger partial charge in [-0.05, 0) is 46.1 Å². The van der Waals surface area contributed by atoms with E-state index in [-0.39, 0.29) is 0 Å². The van der Waals surface area contributed by atoms with Crippen molar-refractivity contribution in [1.29, 1.82) is 5.26 Å². The smallest absolute Gasteiger partial charge is 0.232 e. The number of aryl methyl sites for hydroxylation is 1. The van der Waals surface area contributed by atoms with E-state index >= 15 is 0 Å². The van der Waals surface area contributed by atoms with Crippen LogP contribution in [0.4, 0.5) is 5.88 Å². The lowest BCUT2D eigenvalue weighted by Crippen LogP contribution is -2.16. The number of hydrogen-bond acceptors (Lipinski definition) is 5. The van der Waals surface area contributed by atoms with Gasteiger partial charge in [-0.1, -0.05) is 17.7 Å². The van der Waals surface area contributed by atoms with E-state index in [1.807, 2.05) is 45.3 Å². The zero-order chi connectivity index (χ0) is 15.2. The molecule has 0 fully saturated rings. The van der Waals surface area contributed by atoms with Crippen molar-refractivity contribution < 1.29 is 4.42 Å². The molecule has 21 heavy (non-hydrogen) atoms. The number of nitrogens with one attached hydrogen (secondary N) is 1. The fourth-order valence-corrected chi connectivity index (χ4v) is 1.93. The third-order valence-corrected chi connectivity index (χ3v) is 3.10. The molecule has 2 aromatic rings. The zero-order valence-corrected chi connectivity index (χ0v) is 12.7. The van der Waals surface area contributed by atoms with Crippen molar-refractivity contribution in [2.75, 3.05) is 32.5 Å². The monoisotopic (exact) mass is 284 g/mol. The van der Waals surface area contributed by atoms with Crippen LogP contribution < -0.4 is 5.32 Å². The molecule has 1 N–H and O–H groups in total. The lowest BCUT2D eigenvalue weighted by molar-refractivity contribution is 0.404. The molecule has 0 saturated carbocycles. The van der Waals surface area contributed by atoms with Crippen molar-refractivity contribution in [2.45, 2.75) is 13.3 Å². The summed E-state index contributed by atoms with van der Waals surface area (Å²) >= 11 is 0. The molecule has 0 aliphatic carbocycles. The van der Waals surface area contributed by atoms with Crippen LogP contribution in [0.25, 0.3) is 11.5 Å². The van der Waals surface area contributed by atoms with Crippen LogP contribution in [0.2, 0.25) is 0 Å². The highest BCUT2D eigenvalue weighted by Gasteiger charge is 2.13. The topological polar surface area (TPSA) is 65.1 Å². The van der Waals surface area contributed by atoms with Crippen LogP contribution in [0.3, 0.4) is 0 Å². The Kier molecular flexibility index (Phi) is 4.96. The molecule has 5 nitrogen and oxygen atoms in total. The lowest BCUT2D eigenvalue weighted by atomic mass is 10.1. The van der Waals surface area contributed by atoms with E-state index in [1.165, 1.54) is 5.56 Å². The maximum absolute atomic E-state index is 9.15. The summed E-state index contributed by atoms with van der Waals surface area (Å²) in [5.74, 6) is 0.925. The van der Waals surface area contributed by atoms with E-state index in [9.17, 15) is 0 Å². The fourth-order valence-electron chi connectivity index (χ4n) is 1.93. The summed E-state index contributed by atoms with van der Waals surface area (Å²) in [5, 5.41) is 12.3. The number of nitriles is 1. The first-order chi connectivity index (χ1) is 10.1. The highest BCUT2D eigenvalue weighted by atomic mass is 16.4. The Balaban J connectivity index is 2.09. The summed E-state index contributed by atoms with van der Waals surface area (Å²) in [6, 6.07) is 9.95. The van der Waals surface area contributed by atoms with Crippen LogP contribution in [0, 0.1) is 18.3 Å². The summed E-state index contributed by atoms with van der Waals surface area (Å²) in [4.78, 5) is 6.36. The Morgan fingerprint density at radius 2 is 2.00 bits per heavy atom. The second-order valence-electron chi connectivity index (χ2n) is 5.26. The van der Waals surface area contributed by atoms with Gasteiger partial charge in [0.05, 0.1) is 0 Å². The minimum absolute atomic E-state index is 0.301. The van der Waals surface area contributed by atoms with E-state index in [0.717, 1.165) is 25.1 Å². The van der Waals surface area contributed by atoms with Gasteiger partial charge in [0.2, 0.25) is 17.5 Å². The number of oxazole rings is 1. The molecule has 1 aromatic carbocycles. The molecule has 0 spiro atoms. The van der Waals surface area contributed by atoms with Gasteiger partial charge in [-0.25, -0.2) is 0 Å². The van der Waals surface area contributed by atoms with Gasteiger partial charge in [0.25, 0.3) is 0 Å². The molecule has 0 saturated heterocycles. The Labute approximate surface area is 125 Å². The SMILES string of the molecule is Cc1ccc(-c2nc(C#N)c(NCCCN(C)C)o2)cc1. The van der Waals surface area contributed by atoms with Crippen LogP contribution in [-0.2, 0) is 0 Å². The van der Waals surface area contributed by atoms with E-state index in [2.05, 4.69) is 21.3 Å². The van der Waals surface area contributed by atoms with Gasteiger partial charge in [0, 0.05) is 12.1 Å². The van der Waals surface area contributed by atoms with Gasteiger partial charge < -0.3 is 14.6 Å². The molecular formula is C16H20N4O. The number of anilines is 1. The van der Waals surface area contributed by atoms with E-state index < -0.39 is 0 Å². The number of nitrogens with zero attached hydrogens (tertiary/aromatic N) is 3. The highest BCUT2D eigenvalue weighted by Crippen LogP contribution is 2.25. The van der Waals surface area contributed by atoms with Gasteiger partial charge >= 0.3 is 0 Å². The molecule has 0 aliphatic heterocycles. The third kappa shape index (κ3) is 4.07. The average Bonchev–Trinajstić information content (AvgIpc) is 2.87. The first-order valence-electron chi connectivity index (χ1n) is 6.96. The second-order valence-corrected chi connectivity index (χ2v) is 5.26. The predicted molar refractivity (Wildman–Crippen MR) is 83.1 cm³/mol. The van der Waals surface area contributed by atoms with Crippen molar-refractivity contribution in [3.8, 4) is 17.5 Å². The van der Waals surface area contributed by atoms with Crippen LogP contribution in [-0.4, -0.2) is 37.1 Å². The van der Waals surface area contributed by atoms with Crippen molar-refractivity contribution in [2.24, 2.45) is 0 Å². The number of benzene rings is 1. The fraction of sp³-hybridized carbons (Fsp3) is 0.375. The van der Waals surface area contributed by atoms with Crippen molar-refractivity contribution in [1.82, 2.24) is 9.88 Å². The molecule has 2 rings (SSSR count). The quantitative estimate of drug-likeness (QED) is 0.826. The molecular weight excluding hydrogens is 264 g/mol. The first kappa shape index (κ1) is 15.1.